The van der Waals surface area contributed by atoms with Gasteiger partial charge in [-0.05, 0) is 30.6 Å². The minimum Gasteiger partial charge on any atom is -0.379 e. The van der Waals surface area contributed by atoms with Crippen LogP contribution in [0.4, 0.5) is 19.0 Å². The molecule has 0 unspecified atom stereocenters. The maximum atomic E-state index is 13.2. The van der Waals surface area contributed by atoms with Crippen LogP contribution in [-0.2, 0) is 10.9 Å². The third-order valence-electron chi connectivity index (χ3n) is 5.88. The molecule has 0 radical (unpaired) electrons. The quantitative estimate of drug-likeness (QED) is 0.909. The lowest BCUT2D eigenvalue weighted by Gasteiger charge is -2.32. The summed E-state index contributed by atoms with van der Waals surface area (Å²) in [5, 5.41) is 0. The van der Waals surface area contributed by atoms with Crippen molar-refractivity contribution in [2.75, 3.05) is 18.6 Å². The van der Waals surface area contributed by atoms with Gasteiger partial charge in [-0.2, -0.15) is 13.2 Å². The summed E-state index contributed by atoms with van der Waals surface area (Å²) in [6.07, 6.45) is -1.01. The van der Waals surface area contributed by atoms with Crippen LogP contribution in [0.3, 0.4) is 0 Å². The minimum atomic E-state index is -4.60. The van der Waals surface area contributed by atoms with Gasteiger partial charge in [-0.1, -0.05) is 0 Å². The van der Waals surface area contributed by atoms with Gasteiger partial charge in [0.05, 0.1) is 18.5 Å². The first kappa shape index (κ1) is 14.4. The number of anilines is 1. The van der Waals surface area contributed by atoms with Crippen molar-refractivity contribution in [2.24, 2.45) is 17.8 Å². The van der Waals surface area contributed by atoms with E-state index in [2.05, 4.69) is 19.9 Å². The van der Waals surface area contributed by atoms with Crippen molar-refractivity contribution in [2.45, 2.75) is 31.2 Å². The number of rotatable bonds is 2. The number of nitrogens with one attached hydrogen (secondary N) is 1. The molecule has 24 heavy (non-hydrogen) atoms. The van der Waals surface area contributed by atoms with E-state index in [-0.39, 0.29) is 17.8 Å². The topological polar surface area (TPSA) is 66.9 Å². The fourth-order valence-electron chi connectivity index (χ4n) is 5.12. The zero-order chi connectivity index (χ0) is 16.6. The fraction of sp³-hybridized carbons (Fsp3) is 0.667. The van der Waals surface area contributed by atoms with Crippen molar-refractivity contribution >= 4 is 17.0 Å². The number of aromatic nitrogens is 4. The zero-order valence-corrected chi connectivity index (χ0v) is 12.9. The average Bonchev–Trinajstić information content (AvgIpc) is 3.24. The summed E-state index contributed by atoms with van der Waals surface area (Å²) >= 11 is 0. The zero-order valence-electron chi connectivity index (χ0n) is 12.9. The minimum absolute atomic E-state index is 0.0510. The first-order valence-electron chi connectivity index (χ1n) is 8.05. The maximum absolute atomic E-state index is 13.2. The second-order valence-corrected chi connectivity index (χ2v) is 6.97. The lowest BCUT2D eigenvalue weighted by Crippen LogP contribution is -2.42. The number of aromatic amines is 1. The summed E-state index contributed by atoms with van der Waals surface area (Å²) in [6.45, 7) is 0.716. The highest BCUT2D eigenvalue weighted by Gasteiger charge is 2.60. The highest BCUT2D eigenvalue weighted by atomic mass is 19.4. The van der Waals surface area contributed by atoms with Gasteiger partial charge in [-0.15, -0.1) is 0 Å². The predicted octanol–water partition coefficient (Wildman–Crippen LogP) is 2.23. The Morgan fingerprint density at radius 2 is 2.08 bits per heavy atom. The van der Waals surface area contributed by atoms with E-state index in [1.54, 1.807) is 7.11 Å². The van der Waals surface area contributed by atoms with Crippen LogP contribution in [0.15, 0.2) is 6.33 Å². The van der Waals surface area contributed by atoms with Crippen molar-refractivity contribution in [3.05, 3.63) is 12.2 Å². The monoisotopic (exact) mass is 339 g/mol. The standard InChI is InChI=1S/C15H16F3N5O/c1-24-11-6-2-7-4-23(10(11)8(7)3-6)13-9-12(20-5-19-9)21-14(22-13)15(16,17)18/h5-8,10-11H,2-4H2,1H3,(H,19,20,21,22)/t6-,7+,8-,10-,11+/m0/s1. The predicted molar refractivity (Wildman–Crippen MR) is 78.3 cm³/mol. The second kappa shape index (κ2) is 4.59. The molecule has 5 atom stereocenters. The fourth-order valence-corrected chi connectivity index (χ4v) is 5.12. The molecule has 0 aromatic carbocycles. The number of hydrogen-bond donors (Lipinski definition) is 1. The summed E-state index contributed by atoms with van der Waals surface area (Å²) in [4.78, 5) is 16.2. The van der Waals surface area contributed by atoms with Crippen LogP contribution in [0.25, 0.3) is 11.2 Å². The van der Waals surface area contributed by atoms with Crippen LogP contribution in [0.2, 0.25) is 0 Å². The summed E-state index contributed by atoms with van der Waals surface area (Å²) in [6, 6.07) is 0.0845. The molecule has 1 saturated heterocycles. The first-order chi connectivity index (χ1) is 11.5. The van der Waals surface area contributed by atoms with Crippen molar-refractivity contribution < 1.29 is 17.9 Å². The highest BCUT2D eigenvalue weighted by Crippen LogP contribution is 2.56. The molecule has 6 nitrogen and oxygen atoms in total. The summed E-state index contributed by atoms with van der Waals surface area (Å²) in [7, 11) is 1.68. The molecule has 9 heteroatoms. The number of fused-ring (bicyclic) bond motifs is 2. The molecule has 0 amide bonds. The van der Waals surface area contributed by atoms with Gasteiger partial charge in [0.25, 0.3) is 0 Å². The first-order valence-corrected chi connectivity index (χ1v) is 8.05. The Hall–Kier alpha value is -1.90. The third kappa shape index (κ3) is 1.78. The Morgan fingerprint density at radius 3 is 2.83 bits per heavy atom. The van der Waals surface area contributed by atoms with Crippen molar-refractivity contribution in [1.29, 1.82) is 0 Å². The van der Waals surface area contributed by atoms with Crippen molar-refractivity contribution in [3.8, 4) is 0 Å². The van der Waals surface area contributed by atoms with Gasteiger partial charge < -0.3 is 14.6 Å². The van der Waals surface area contributed by atoms with Crippen LogP contribution in [0.5, 0.6) is 0 Å². The Bertz CT molecular complexity index is 804. The normalized spacial score (nSPS) is 34.7. The van der Waals surface area contributed by atoms with Gasteiger partial charge in [0.2, 0.25) is 5.82 Å². The average molecular weight is 339 g/mol. The van der Waals surface area contributed by atoms with Crippen molar-refractivity contribution in [3.63, 3.8) is 0 Å². The van der Waals surface area contributed by atoms with Gasteiger partial charge in [-0.25, -0.2) is 15.0 Å². The molecule has 2 aromatic heterocycles. The number of H-pyrrole nitrogens is 1. The number of halogens is 3. The Morgan fingerprint density at radius 1 is 1.25 bits per heavy atom. The smallest absolute Gasteiger partial charge is 0.379 e. The van der Waals surface area contributed by atoms with E-state index in [1.807, 2.05) is 4.90 Å². The number of hydrogen-bond acceptors (Lipinski definition) is 5. The summed E-state index contributed by atoms with van der Waals surface area (Å²) in [5.74, 6) is 0.642. The Kier molecular flexibility index (Phi) is 2.76. The molecule has 3 aliphatic rings. The van der Waals surface area contributed by atoms with Crippen molar-refractivity contribution in [1.82, 2.24) is 19.9 Å². The molecule has 128 valence electrons. The molecule has 1 N–H and O–H groups in total. The van der Waals surface area contributed by atoms with E-state index in [4.69, 9.17) is 4.74 Å². The molecule has 3 fully saturated rings. The molecule has 0 spiro atoms. The number of imidazole rings is 1. The number of ether oxygens (including phenoxy) is 1. The van der Waals surface area contributed by atoms with E-state index in [0.717, 1.165) is 12.8 Å². The van der Waals surface area contributed by atoms with Gasteiger partial charge >= 0.3 is 6.18 Å². The molecule has 2 bridgehead atoms. The SMILES string of the molecule is CO[C@@H]1[C@H]2C[C@@H]3CN(c4nc(C(F)(F)F)nc5nc[nH]c45)[C@H]1[C@H]3C2. The Labute approximate surface area is 135 Å². The van der Waals surface area contributed by atoms with E-state index in [9.17, 15) is 13.2 Å². The highest BCUT2D eigenvalue weighted by molar-refractivity contribution is 5.83. The molecular weight excluding hydrogens is 323 g/mol. The molecule has 5 rings (SSSR count). The lowest BCUT2D eigenvalue weighted by atomic mass is 9.88. The number of methoxy groups -OCH3 is 1. The van der Waals surface area contributed by atoms with Crippen LogP contribution >= 0.6 is 0 Å². The van der Waals surface area contributed by atoms with Crippen LogP contribution in [0, 0.1) is 17.8 Å². The molecular formula is C15H16F3N5O. The molecule has 2 aromatic rings. The second-order valence-electron chi connectivity index (χ2n) is 6.97. The summed E-state index contributed by atoms with van der Waals surface area (Å²) in [5.41, 5.74) is 0.512. The number of nitrogens with zero attached hydrogens (tertiary/aromatic N) is 4. The van der Waals surface area contributed by atoms with Gasteiger partial charge in [0, 0.05) is 13.7 Å². The maximum Gasteiger partial charge on any atom is 0.451 e. The van der Waals surface area contributed by atoms with E-state index >= 15 is 0 Å². The van der Waals surface area contributed by atoms with Crippen LogP contribution in [0.1, 0.15) is 18.7 Å². The summed E-state index contributed by atoms with van der Waals surface area (Å²) < 4.78 is 45.2. The third-order valence-corrected chi connectivity index (χ3v) is 5.88. The van der Waals surface area contributed by atoms with E-state index in [0.29, 0.717) is 35.6 Å². The van der Waals surface area contributed by atoms with Gasteiger partial charge in [0.1, 0.15) is 5.52 Å². The molecule has 2 saturated carbocycles. The van der Waals surface area contributed by atoms with Gasteiger partial charge in [0.15, 0.2) is 11.5 Å². The molecule has 1 aliphatic heterocycles. The van der Waals surface area contributed by atoms with Gasteiger partial charge in [-0.3, -0.25) is 0 Å². The van der Waals surface area contributed by atoms with E-state index in [1.165, 1.54) is 6.33 Å². The Balaban J connectivity index is 1.65. The molecule has 3 heterocycles. The van der Waals surface area contributed by atoms with Crippen LogP contribution in [-0.4, -0.2) is 45.7 Å². The number of alkyl halides is 3. The van der Waals surface area contributed by atoms with Crippen LogP contribution < -0.4 is 4.90 Å². The molecule has 2 aliphatic carbocycles. The van der Waals surface area contributed by atoms with E-state index < -0.39 is 12.0 Å². The lowest BCUT2D eigenvalue weighted by molar-refractivity contribution is -0.144. The largest absolute Gasteiger partial charge is 0.451 e.